The van der Waals surface area contributed by atoms with E-state index in [0.29, 0.717) is 17.9 Å². The lowest BCUT2D eigenvalue weighted by atomic mass is 10.0. The van der Waals surface area contributed by atoms with Gasteiger partial charge in [0.15, 0.2) is 5.69 Å². The predicted molar refractivity (Wildman–Crippen MR) is 104 cm³/mol. The lowest BCUT2D eigenvalue weighted by molar-refractivity contribution is 0.0518. The van der Waals surface area contributed by atoms with Crippen molar-refractivity contribution in [3.63, 3.8) is 0 Å². The van der Waals surface area contributed by atoms with E-state index in [1.807, 2.05) is 30.0 Å². The summed E-state index contributed by atoms with van der Waals surface area (Å²) in [7, 11) is 0. The Morgan fingerprint density at radius 2 is 1.96 bits per heavy atom. The van der Waals surface area contributed by atoms with Crippen molar-refractivity contribution in [3.8, 4) is 0 Å². The number of ether oxygens (including phenoxy) is 1. The van der Waals surface area contributed by atoms with E-state index in [9.17, 15) is 9.59 Å². The first-order valence-electron chi connectivity index (χ1n) is 9.47. The highest BCUT2D eigenvalue weighted by atomic mass is 16.5. The molecule has 4 rings (SSSR count). The monoisotopic (exact) mass is 365 g/mol. The fourth-order valence-corrected chi connectivity index (χ4v) is 3.88. The fourth-order valence-electron chi connectivity index (χ4n) is 3.88. The van der Waals surface area contributed by atoms with Crippen molar-refractivity contribution in [1.29, 1.82) is 0 Å². The minimum atomic E-state index is -0.424. The average molecular weight is 365 g/mol. The highest BCUT2D eigenvalue weighted by molar-refractivity contribution is 6.12. The SMILES string of the molecule is CCOC(=O)c1ncc2[nH]c3ccc(C(=O)N4CCCCC4)cc3c2c1C. The highest BCUT2D eigenvalue weighted by Gasteiger charge is 2.21. The molecule has 0 aliphatic carbocycles. The first kappa shape index (κ1) is 17.5. The molecule has 3 aromatic rings. The zero-order chi connectivity index (χ0) is 19.0. The lowest BCUT2D eigenvalue weighted by Crippen LogP contribution is -2.35. The third-order valence-corrected chi connectivity index (χ3v) is 5.24. The quantitative estimate of drug-likeness (QED) is 0.716. The van der Waals surface area contributed by atoms with Gasteiger partial charge in [0.1, 0.15) is 0 Å². The van der Waals surface area contributed by atoms with E-state index in [1.54, 1.807) is 13.1 Å². The molecule has 1 N–H and O–H groups in total. The van der Waals surface area contributed by atoms with Gasteiger partial charge in [-0.3, -0.25) is 4.79 Å². The maximum Gasteiger partial charge on any atom is 0.357 e. The molecule has 1 aromatic carbocycles. The van der Waals surface area contributed by atoms with Gasteiger partial charge in [-0.15, -0.1) is 0 Å². The standard InChI is InChI=1S/C21H23N3O3/c1-3-27-21(26)19-13(2)18-15-11-14(20(25)24-9-5-4-6-10-24)7-8-16(15)23-17(18)12-22-19/h7-8,11-12,23H,3-6,9-10H2,1-2H3. The van der Waals surface area contributed by atoms with Crippen LogP contribution in [0, 0.1) is 6.92 Å². The van der Waals surface area contributed by atoms with E-state index in [-0.39, 0.29) is 5.91 Å². The molecule has 1 amide bonds. The van der Waals surface area contributed by atoms with Gasteiger partial charge in [-0.05, 0) is 56.9 Å². The third-order valence-electron chi connectivity index (χ3n) is 5.24. The Bertz CT molecular complexity index is 1030. The van der Waals surface area contributed by atoms with Crippen molar-refractivity contribution in [2.75, 3.05) is 19.7 Å². The third kappa shape index (κ3) is 3.05. The summed E-state index contributed by atoms with van der Waals surface area (Å²) in [6.45, 7) is 5.59. The van der Waals surface area contributed by atoms with Crippen molar-refractivity contribution in [2.45, 2.75) is 33.1 Å². The van der Waals surface area contributed by atoms with Crippen molar-refractivity contribution < 1.29 is 14.3 Å². The van der Waals surface area contributed by atoms with Gasteiger partial charge in [-0.1, -0.05) is 0 Å². The Kier molecular flexibility index (Phi) is 4.56. The van der Waals surface area contributed by atoms with E-state index in [2.05, 4.69) is 9.97 Å². The second kappa shape index (κ2) is 7.02. The number of aromatic amines is 1. The number of fused-ring (bicyclic) bond motifs is 3. The Hall–Kier alpha value is -2.89. The number of nitrogens with zero attached hydrogens (tertiary/aromatic N) is 2. The number of pyridine rings is 1. The van der Waals surface area contributed by atoms with Crippen LogP contribution >= 0.6 is 0 Å². The molecule has 0 radical (unpaired) electrons. The summed E-state index contributed by atoms with van der Waals surface area (Å²) >= 11 is 0. The number of esters is 1. The van der Waals surface area contributed by atoms with Gasteiger partial charge in [0, 0.05) is 34.9 Å². The van der Waals surface area contributed by atoms with Gasteiger partial charge in [0.25, 0.3) is 5.91 Å². The molecule has 1 fully saturated rings. The number of aryl methyl sites for hydroxylation is 1. The number of benzene rings is 1. The Labute approximate surface area is 157 Å². The summed E-state index contributed by atoms with van der Waals surface area (Å²) in [5.74, 6) is -0.352. The molecule has 0 bridgehead atoms. The molecule has 1 saturated heterocycles. The molecule has 27 heavy (non-hydrogen) atoms. The Balaban J connectivity index is 1.81. The van der Waals surface area contributed by atoms with Crippen LogP contribution in [-0.2, 0) is 4.74 Å². The van der Waals surface area contributed by atoms with Crippen LogP contribution in [0.1, 0.15) is 52.6 Å². The molecular formula is C21H23N3O3. The molecule has 0 atom stereocenters. The molecule has 3 heterocycles. The summed E-state index contributed by atoms with van der Waals surface area (Å²) in [5, 5.41) is 1.84. The fraction of sp³-hybridized carbons (Fsp3) is 0.381. The van der Waals surface area contributed by atoms with Crippen LogP contribution in [0.15, 0.2) is 24.4 Å². The zero-order valence-electron chi connectivity index (χ0n) is 15.7. The Morgan fingerprint density at radius 1 is 1.19 bits per heavy atom. The summed E-state index contributed by atoms with van der Waals surface area (Å²) in [6, 6.07) is 5.71. The van der Waals surface area contributed by atoms with Gasteiger partial charge in [0.2, 0.25) is 0 Å². The number of hydrogen-bond donors (Lipinski definition) is 1. The van der Waals surface area contributed by atoms with E-state index < -0.39 is 5.97 Å². The minimum Gasteiger partial charge on any atom is -0.461 e. The maximum atomic E-state index is 12.9. The van der Waals surface area contributed by atoms with Gasteiger partial charge in [0.05, 0.1) is 18.3 Å². The number of hydrogen-bond acceptors (Lipinski definition) is 4. The molecule has 140 valence electrons. The smallest absolute Gasteiger partial charge is 0.357 e. The van der Waals surface area contributed by atoms with Gasteiger partial charge < -0.3 is 14.6 Å². The number of piperidine rings is 1. The number of carbonyl (C=O) groups is 2. The van der Waals surface area contributed by atoms with Crippen molar-refractivity contribution >= 4 is 33.7 Å². The topological polar surface area (TPSA) is 75.3 Å². The van der Waals surface area contributed by atoms with Crippen molar-refractivity contribution in [3.05, 3.63) is 41.2 Å². The normalized spacial score (nSPS) is 14.7. The van der Waals surface area contributed by atoms with Crippen molar-refractivity contribution in [1.82, 2.24) is 14.9 Å². The average Bonchev–Trinajstić information content (AvgIpc) is 3.07. The van der Waals surface area contributed by atoms with E-state index >= 15 is 0 Å². The summed E-state index contributed by atoms with van der Waals surface area (Å²) < 4.78 is 5.12. The summed E-state index contributed by atoms with van der Waals surface area (Å²) in [6.07, 6.45) is 4.97. The summed E-state index contributed by atoms with van der Waals surface area (Å²) in [4.78, 5) is 34.6. The Morgan fingerprint density at radius 3 is 2.70 bits per heavy atom. The van der Waals surface area contributed by atoms with Crippen LogP contribution in [0.25, 0.3) is 21.8 Å². The van der Waals surface area contributed by atoms with Gasteiger partial charge >= 0.3 is 5.97 Å². The molecule has 2 aromatic heterocycles. The van der Waals surface area contributed by atoms with Crippen LogP contribution in [0.4, 0.5) is 0 Å². The molecule has 6 heteroatoms. The first-order valence-corrected chi connectivity index (χ1v) is 9.47. The molecule has 6 nitrogen and oxygen atoms in total. The molecule has 0 saturated carbocycles. The van der Waals surface area contributed by atoms with Crippen molar-refractivity contribution in [2.24, 2.45) is 0 Å². The van der Waals surface area contributed by atoms with Crippen LogP contribution in [-0.4, -0.2) is 46.4 Å². The number of nitrogens with one attached hydrogen (secondary N) is 1. The van der Waals surface area contributed by atoms with Gasteiger partial charge in [-0.25, -0.2) is 9.78 Å². The molecule has 0 spiro atoms. The number of amides is 1. The molecule has 0 unspecified atom stereocenters. The number of aromatic nitrogens is 2. The van der Waals surface area contributed by atoms with E-state index in [1.165, 1.54) is 6.42 Å². The first-order chi connectivity index (χ1) is 13.1. The van der Waals surface area contributed by atoms with E-state index in [4.69, 9.17) is 4.74 Å². The highest BCUT2D eigenvalue weighted by Crippen LogP contribution is 2.30. The predicted octanol–water partition coefficient (Wildman–Crippen LogP) is 3.83. The zero-order valence-corrected chi connectivity index (χ0v) is 15.7. The summed E-state index contributed by atoms with van der Waals surface area (Å²) in [5.41, 5.74) is 3.53. The number of H-pyrrole nitrogens is 1. The second-order valence-corrected chi connectivity index (χ2v) is 6.98. The number of carbonyl (C=O) groups excluding carboxylic acids is 2. The van der Waals surface area contributed by atoms with E-state index in [0.717, 1.165) is 53.3 Å². The van der Waals surface area contributed by atoms with Gasteiger partial charge in [-0.2, -0.15) is 0 Å². The maximum absolute atomic E-state index is 12.9. The largest absolute Gasteiger partial charge is 0.461 e. The molecular weight excluding hydrogens is 342 g/mol. The lowest BCUT2D eigenvalue weighted by Gasteiger charge is -2.26. The van der Waals surface area contributed by atoms with Crippen LogP contribution < -0.4 is 0 Å². The second-order valence-electron chi connectivity index (χ2n) is 6.98. The van der Waals surface area contributed by atoms with Crippen LogP contribution in [0.5, 0.6) is 0 Å². The molecule has 1 aliphatic heterocycles. The molecule has 1 aliphatic rings. The van der Waals surface area contributed by atoms with Crippen LogP contribution in [0.2, 0.25) is 0 Å². The number of rotatable bonds is 3. The van der Waals surface area contributed by atoms with Crippen LogP contribution in [0.3, 0.4) is 0 Å². The number of likely N-dealkylation sites (tertiary alicyclic amines) is 1. The minimum absolute atomic E-state index is 0.0725.